The predicted octanol–water partition coefficient (Wildman–Crippen LogP) is 19.0. The Kier molecular flexibility index (Phi) is 53.4. The minimum atomic E-state index is 1.17. The van der Waals surface area contributed by atoms with Crippen molar-refractivity contribution in [2.24, 2.45) is 0 Å². The molecule has 58 heavy (non-hydrogen) atoms. The second-order valence-corrected chi connectivity index (χ2v) is 18.4. The lowest BCUT2D eigenvalue weighted by Crippen LogP contribution is -2.34. The third kappa shape index (κ3) is 51.3. The Labute approximate surface area is 368 Å². The van der Waals surface area contributed by atoms with Crippen molar-refractivity contribution in [3.05, 3.63) is 36.5 Å². The van der Waals surface area contributed by atoms with Gasteiger partial charge in [-0.1, -0.05) is 231 Å². The molecule has 0 aromatic carbocycles. The molecule has 0 aromatic heterocycles. The van der Waals surface area contributed by atoms with Crippen LogP contribution in [0.5, 0.6) is 0 Å². The van der Waals surface area contributed by atoms with Gasteiger partial charge in [0, 0.05) is 13.1 Å². The molecule has 0 aliphatic rings. The van der Waals surface area contributed by atoms with Crippen molar-refractivity contribution in [2.75, 3.05) is 32.7 Å². The Balaban J connectivity index is 4.04. The van der Waals surface area contributed by atoms with Crippen molar-refractivity contribution in [1.29, 1.82) is 0 Å². The standard InChI is InChI=1S/C56H110N2/c1-4-7-10-13-16-19-22-25-28-31-34-37-40-43-46-49-52-57-53-56-58(54-50-47-44-41-38-35-32-29-26-23-20-17-14-11-8-5-2)55-51-48-45-42-39-36-33-30-27-24-21-18-15-12-9-6-3/h25-30,57H,4-24,31-56H2,1-3H3/b28-25-,29-26-,30-27-. The van der Waals surface area contributed by atoms with Crippen LogP contribution in [0.15, 0.2) is 36.5 Å². The first-order valence-corrected chi connectivity index (χ1v) is 27.2. The first-order chi connectivity index (χ1) is 28.8. The van der Waals surface area contributed by atoms with Crippen LogP contribution in [0.4, 0.5) is 0 Å². The maximum atomic E-state index is 3.82. The van der Waals surface area contributed by atoms with Crippen LogP contribution in [0.3, 0.4) is 0 Å². The van der Waals surface area contributed by atoms with E-state index in [0.29, 0.717) is 0 Å². The minimum Gasteiger partial charge on any atom is -0.315 e. The number of hydrogen-bond acceptors (Lipinski definition) is 2. The Morgan fingerprint density at radius 1 is 0.241 bits per heavy atom. The molecule has 0 aromatic rings. The molecule has 0 saturated carbocycles. The van der Waals surface area contributed by atoms with Crippen LogP contribution >= 0.6 is 0 Å². The van der Waals surface area contributed by atoms with Gasteiger partial charge in [-0.15, -0.1) is 0 Å². The molecule has 2 heteroatoms. The fourth-order valence-electron chi connectivity index (χ4n) is 8.36. The van der Waals surface area contributed by atoms with Gasteiger partial charge in [-0.2, -0.15) is 0 Å². The summed E-state index contributed by atoms with van der Waals surface area (Å²) >= 11 is 0. The predicted molar refractivity (Wildman–Crippen MR) is 268 cm³/mol. The average molecular weight is 812 g/mol. The van der Waals surface area contributed by atoms with E-state index in [2.05, 4.69) is 67.4 Å². The summed E-state index contributed by atoms with van der Waals surface area (Å²) in [7, 11) is 0. The summed E-state index contributed by atoms with van der Waals surface area (Å²) in [6, 6.07) is 0. The number of hydrogen-bond donors (Lipinski definition) is 1. The number of allylic oxidation sites excluding steroid dienone is 6. The number of rotatable bonds is 51. The molecule has 0 rings (SSSR count). The zero-order valence-corrected chi connectivity index (χ0v) is 40.6. The van der Waals surface area contributed by atoms with E-state index in [1.807, 2.05) is 0 Å². The van der Waals surface area contributed by atoms with Crippen molar-refractivity contribution in [1.82, 2.24) is 10.2 Å². The molecule has 2 nitrogen and oxygen atoms in total. The van der Waals surface area contributed by atoms with Crippen molar-refractivity contribution in [2.45, 2.75) is 290 Å². The molecule has 0 atom stereocenters. The van der Waals surface area contributed by atoms with Gasteiger partial charge in [0.1, 0.15) is 0 Å². The number of unbranched alkanes of at least 4 members (excludes halogenated alkanes) is 36. The van der Waals surface area contributed by atoms with Gasteiger partial charge in [0.15, 0.2) is 0 Å². The summed E-state index contributed by atoms with van der Waals surface area (Å²) in [5.74, 6) is 0. The molecule has 0 radical (unpaired) electrons. The summed E-state index contributed by atoms with van der Waals surface area (Å²) in [5, 5.41) is 3.82. The van der Waals surface area contributed by atoms with Crippen LogP contribution in [0, 0.1) is 0 Å². The topological polar surface area (TPSA) is 15.3 Å². The largest absolute Gasteiger partial charge is 0.315 e. The number of nitrogens with zero attached hydrogens (tertiary/aromatic N) is 1. The highest BCUT2D eigenvalue weighted by molar-refractivity contribution is 4.83. The van der Waals surface area contributed by atoms with E-state index in [-0.39, 0.29) is 0 Å². The van der Waals surface area contributed by atoms with E-state index in [1.165, 1.54) is 302 Å². The highest BCUT2D eigenvalue weighted by Crippen LogP contribution is 2.14. The van der Waals surface area contributed by atoms with E-state index >= 15 is 0 Å². The summed E-state index contributed by atoms with van der Waals surface area (Å²) in [6.45, 7) is 13.1. The lowest BCUT2D eigenvalue weighted by Gasteiger charge is -2.22. The van der Waals surface area contributed by atoms with Crippen LogP contribution in [0.25, 0.3) is 0 Å². The molecular weight excluding hydrogens is 701 g/mol. The maximum Gasteiger partial charge on any atom is 0.0107 e. The molecule has 0 heterocycles. The first-order valence-electron chi connectivity index (χ1n) is 27.2. The smallest absolute Gasteiger partial charge is 0.0107 e. The van der Waals surface area contributed by atoms with E-state index in [9.17, 15) is 0 Å². The molecule has 0 unspecified atom stereocenters. The van der Waals surface area contributed by atoms with Crippen LogP contribution < -0.4 is 5.32 Å². The minimum absolute atomic E-state index is 1.17. The molecular formula is C56H110N2. The van der Waals surface area contributed by atoms with Gasteiger partial charge in [-0.05, 0) is 116 Å². The Hall–Kier alpha value is -0.860. The van der Waals surface area contributed by atoms with Gasteiger partial charge >= 0.3 is 0 Å². The monoisotopic (exact) mass is 811 g/mol. The third-order valence-electron chi connectivity index (χ3n) is 12.4. The van der Waals surface area contributed by atoms with E-state index < -0.39 is 0 Å². The highest BCUT2D eigenvalue weighted by Gasteiger charge is 2.05. The fraction of sp³-hybridized carbons (Fsp3) is 0.893. The van der Waals surface area contributed by atoms with Gasteiger partial charge in [-0.25, -0.2) is 0 Å². The van der Waals surface area contributed by atoms with Gasteiger partial charge in [-0.3, -0.25) is 0 Å². The molecule has 0 saturated heterocycles. The fourth-order valence-corrected chi connectivity index (χ4v) is 8.36. The summed E-state index contributed by atoms with van der Waals surface area (Å²) in [4.78, 5) is 2.80. The van der Waals surface area contributed by atoms with E-state index in [0.717, 1.165) is 0 Å². The van der Waals surface area contributed by atoms with Gasteiger partial charge < -0.3 is 10.2 Å². The second-order valence-electron chi connectivity index (χ2n) is 18.4. The zero-order chi connectivity index (χ0) is 41.8. The number of nitrogens with one attached hydrogen (secondary N) is 1. The SMILES string of the molecule is CCCCCCCC/C=C\CCCCCCCCNCCN(CCCCCCCC/C=C\CCCCCCCC)CCCCCCCC/C=C\CCCCCCCC. The lowest BCUT2D eigenvalue weighted by molar-refractivity contribution is 0.259. The van der Waals surface area contributed by atoms with Crippen molar-refractivity contribution in [3.8, 4) is 0 Å². The molecule has 1 N–H and O–H groups in total. The van der Waals surface area contributed by atoms with E-state index in [1.54, 1.807) is 0 Å². The quantitative estimate of drug-likeness (QED) is 0.0486. The van der Waals surface area contributed by atoms with Crippen molar-refractivity contribution < 1.29 is 0 Å². The molecule has 0 aliphatic heterocycles. The summed E-state index contributed by atoms with van der Waals surface area (Å²) in [5.41, 5.74) is 0. The maximum absolute atomic E-state index is 3.82. The highest BCUT2D eigenvalue weighted by atomic mass is 15.1. The van der Waals surface area contributed by atoms with Gasteiger partial charge in [0.2, 0.25) is 0 Å². The van der Waals surface area contributed by atoms with Crippen LogP contribution in [0.2, 0.25) is 0 Å². The molecule has 0 spiro atoms. The first kappa shape index (κ1) is 57.1. The van der Waals surface area contributed by atoms with Crippen LogP contribution in [0.1, 0.15) is 290 Å². The average Bonchev–Trinajstić information content (AvgIpc) is 3.23. The Morgan fingerprint density at radius 2 is 0.483 bits per heavy atom. The van der Waals surface area contributed by atoms with Crippen molar-refractivity contribution >= 4 is 0 Å². The van der Waals surface area contributed by atoms with Crippen molar-refractivity contribution in [3.63, 3.8) is 0 Å². The van der Waals surface area contributed by atoms with Gasteiger partial charge in [0.05, 0.1) is 0 Å². The molecule has 0 bridgehead atoms. The molecule has 344 valence electrons. The van der Waals surface area contributed by atoms with Crippen LogP contribution in [-0.2, 0) is 0 Å². The normalized spacial score (nSPS) is 12.2. The second kappa shape index (κ2) is 54.2. The van der Waals surface area contributed by atoms with Crippen LogP contribution in [-0.4, -0.2) is 37.6 Å². The molecule has 0 amide bonds. The summed E-state index contributed by atoms with van der Waals surface area (Å²) < 4.78 is 0. The van der Waals surface area contributed by atoms with E-state index in [4.69, 9.17) is 0 Å². The third-order valence-corrected chi connectivity index (χ3v) is 12.4. The van der Waals surface area contributed by atoms with Gasteiger partial charge in [0.25, 0.3) is 0 Å². The Bertz CT molecular complexity index is 756. The summed E-state index contributed by atoms with van der Waals surface area (Å²) in [6.07, 6.45) is 73.2. The molecule has 0 aliphatic carbocycles. The Morgan fingerprint density at radius 3 is 0.776 bits per heavy atom. The zero-order valence-electron chi connectivity index (χ0n) is 40.6. The lowest BCUT2D eigenvalue weighted by atomic mass is 10.1. The molecule has 0 fully saturated rings.